The topological polar surface area (TPSA) is 75.9 Å². The summed E-state index contributed by atoms with van der Waals surface area (Å²) in [5, 5.41) is 8.19. The number of carbonyl (C=O) groups excluding carboxylic acids is 1. The van der Waals surface area contributed by atoms with Crippen molar-refractivity contribution in [1.29, 1.82) is 0 Å². The second-order valence-corrected chi connectivity index (χ2v) is 8.05. The van der Waals surface area contributed by atoms with Crippen LogP contribution in [-0.4, -0.2) is 69.1 Å². The predicted molar refractivity (Wildman–Crippen MR) is 114 cm³/mol. The number of hydrogen-bond donors (Lipinski definition) is 0. The van der Waals surface area contributed by atoms with Crippen molar-refractivity contribution in [3.8, 4) is 5.75 Å². The first-order valence-corrected chi connectivity index (χ1v) is 9.87. The molecule has 0 unspecified atom stereocenters. The van der Waals surface area contributed by atoms with E-state index in [1.165, 1.54) is 5.56 Å². The van der Waals surface area contributed by atoms with Gasteiger partial charge in [0.1, 0.15) is 5.75 Å². The van der Waals surface area contributed by atoms with Crippen LogP contribution in [0.25, 0.3) is 5.78 Å². The Kier molecular flexibility index (Phi) is 5.38. The highest BCUT2D eigenvalue weighted by Gasteiger charge is 2.47. The van der Waals surface area contributed by atoms with Crippen LogP contribution in [0, 0.1) is 18.8 Å². The predicted octanol–water partition coefficient (Wildman–Crippen LogP) is 2.24. The molecule has 0 saturated carbocycles. The van der Waals surface area contributed by atoms with Gasteiger partial charge >= 0.3 is 0 Å². The monoisotopic (exact) mass is 428 g/mol. The van der Waals surface area contributed by atoms with Crippen molar-refractivity contribution in [2.45, 2.75) is 13.0 Å². The van der Waals surface area contributed by atoms with E-state index in [4.69, 9.17) is 4.74 Å². The van der Waals surface area contributed by atoms with Gasteiger partial charge in [0.15, 0.2) is 0 Å². The number of halogens is 1. The second-order valence-electron chi connectivity index (χ2n) is 8.05. The van der Waals surface area contributed by atoms with Gasteiger partial charge < -0.3 is 9.64 Å². The number of aromatic nitrogens is 4. The molecule has 0 radical (unpaired) electrons. The van der Waals surface area contributed by atoms with Gasteiger partial charge in [-0.3, -0.25) is 14.1 Å². The fourth-order valence-electron chi connectivity index (χ4n) is 4.89. The molecule has 8 nitrogen and oxygen atoms in total. The number of fused-ring (bicyclic) bond motifs is 2. The third-order valence-corrected chi connectivity index (χ3v) is 6.25. The van der Waals surface area contributed by atoms with Gasteiger partial charge in [0.25, 0.3) is 11.7 Å². The van der Waals surface area contributed by atoms with E-state index in [0.29, 0.717) is 29.5 Å². The Morgan fingerprint density at radius 2 is 1.87 bits per heavy atom. The summed E-state index contributed by atoms with van der Waals surface area (Å²) in [4.78, 5) is 21.9. The van der Waals surface area contributed by atoms with E-state index >= 15 is 0 Å². The third kappa shape index (κ3) is 3.30. The van der Waals surface area contributed by atoms with Crippen LogP contribution in [0.15, 0.2) is 36.5 Å². The minimum atomic E-state index is -0.0753. The summed E-state index contributed by atoms with van der Waals surface area (Å²) < 4.78 is 6.97. The molecule has 3 aromatic rings. The highest BCUT2D eigenvalue weighted by molar-refractivity contribution is 5.91. The number of hydrogen-bond acceptors (Lipinski definition) is 6. The van der Waals surface area contributed by atoms with Gasteiger partial charge in [0.2, 0.25) is 5.82 Å². The molecule has 30 heavy (non-hydrogen) atoms. The number of benzene rings is 1. The lowest BCUT2D eigenvalue weighted by atomic mass is 9.89. The van der Waals surface area contributed by atoms with Crippen LogP contribution in [0.2, 0.25) is 0 Å². The molecule has 2 fully saturated rings. The Morgan fingerprint density at radius 1 is 1.10 bits per heavy atom. The largest absolute Gasteiger partial charge is 0.497 e. The molecule has 0 aliphatic carbocycles. The number of likely N-dealkylation sites (tertiary alicyclic amines) is 2. The van der Waals surface area contributed by atoms with E-state index in [1.807, 2.05) is 36.2 Å². The maximum Gasteiger partial charge on any atom is 0.292 e. The number of amides is 1. The lowest BCUT2D eigenvalue weighted by molar-refractivity contribution is 0.0754. The molecular formula is C21H25ClN6O2. The number of ether oxygens (including phenoxy) is 1. The summed E-state index contributed by atoms with van der Waals surface area (Å²) in [5.41, 5.74) is 2.12. The van der Waals surface area contributed by atoms with Crippen molar-refractivity contribution >= 4 is 24.1 Å². The van der Waals surface area contributed by atoms with Crippen LogP contribution in [-0.2, 0) is 0 Å². The molecule has 3 atom stereocenters. The van der Waals surface area contributed by atoms with Crippen LogP contribution < -0.4 is 4.74 Å². The van der Waals surface area contributed by atoms with E-state index in [-0.39, 0.29) is 18.3 Å². The van der Waals surface area contributed by atoms with Crippen molar-refractivity contribution < 1.29 is 9.53 Å². The second kappa shape index (κ2) is 7.85. The van der Waals surface area contributed by atoms with Crippen molar-refractivity contribution in [2.75, 3.05) is 33.8 Å². The standard InChI is InChI=1S/C21H24N6O2.ClH/c1-13-8-9-27-19(23-24-21(27)22-13)20(28)26-11-15-10-25(2)18(17(15)12-26)14-4-6-16(29-3)7-5-14;/h4-9,15,17-18H,10-12H2,1-3H3;1H/t15-,17+,18-;/m0./s1. The van der Waals surface area contributed by atoms with Crippen molar-refractivity contribution in [3.05, 3.63) is 53.6 Å². The molecule has 9 heteroatoms. The first-order valence-electron chi connectivity index (χ1n) is 9.87. The third-order valence-electron chi connectivity index (χ3n) is 6.25. The summed E-state index contributed by atoms with van der Waals surface area (Å²) in [5.74, 6) is 2.43. The smallest absolute Gasteiger partial charge is 0.292 e. The highest BCUT2D eigenvalue weighted by Crippen LogP contribution is 2.44. The molecule has 4 heterocycles. The molecule has 5 rings (SSSR count). The zero-order valence-electron chi connectivity index (χ0n) is 17.2. The summed E-state index contributed by atoms with van der Waals surface area (Å²) in [7, 11) is 3.84. The van der Waals surface area contributed by atoms with Crippen LogP contribution >= 0.6 is 12.4 Å². The molecule has 0 N–H and O–H groups in total. The number of rotatable bonds is 3. The number of methoxy groups -OCH3 is 1. The zero-order valence-corrected chi connectivity index (χ0v) is 18.0. The van der Waals surface area contributed by atoms with Crippen LogP contribution in [0.3, 0.4) is 0 Å². The molecule has 1 amide bonds. The van der Waals surface area contributed by atoms with Gasteiger partial charge in [0.05, 0.1) is 7.11 Å². The van der Waals surface area contributed by atoms with E-state index in [1.54, 1.807) is 11.5 Å². The Morgan fingerprint density at radius 3 is 2.60 bits per heavy atom. The Balaban J connectivity index is 0.00000218. The van der Waals surface area contributed by atoms with Gasteiger partial charge in [0, 0.05) is 43.5 Å². The molecule has 0 spiro atoms. The van der Waals surface area contributed by atoms with Gasteiger partial charge in [-0.1, -0.05) is 12.1 Å². The molecule has 2 saturated heterocycles. The number of carbonyl (C=O) groups is 1. The van der Waals surface area contributed by atoms with Gasteiger partial charge in [-0.25, -0.2) is 4.98 Å². The van der Waals surface area contributed by atoms with Crippen LogP contribution in [0.1, 0.15) is 27.9 Å². The minimum absolute atomic E-state index is 0. The van der Waals surface area contributed by atoms with Gasteiger partial charge in [-0.2, -0.15) is 0 Å². The number of aryl methyl sites for hydroxylation is 1. The number of nitrogens with zero attached hydrogens (tertiary/aromatic N) is 6. The molecule has 2 aliphatic rings. The molecule has 0 bridgehead atoms. The SMILES string of the molecule is COc1ccc([C@H]2[C@@H]3CN(C(=O)c4nnc5nc(C)ccn45)C[C@@H]3CN2C)cc1.Cl. The normalized spacial score (nSPS) is 23.4. The minimum Gasteiger partial charge on any atom is -0.497 e. The molecule has 158 valence electrons. The van der Waals surface area contributed by atoms with Gasteiger partial charge in [-0.15, -0.1) is 22.6 Å². The molecule has 2 aliphatic heterocycles. The van der Waals surface area contributed by atoms with E-state index in [2.05, 4.69) is 39.3 Å². The quantitative estimate of drug-likeness (QED) is 0.636. The zero-order chi connectivity index (χ0) is 20.1. The summed E-state index contributed by atoms with van der Waals surface area (Å²) in [6, 6.07) is 10.4. The Bertz CT molecular complexity index is 1070. The maximum absolute atomic E-state index is 13.2. The van der Waals surface area contributed by atoms with Crippen molar-refractivity contribution in [1.82, 2.24) is 29.4 Å². The average molecular weight is 429 g/mol. The molecular weight excluding hydrogens is 404 g/mol. The molecule has 2 aromatic heterocycles. The molecule has 1 aromatic carbocycles. The lowest BCUT2D eigenvalue weighted by Crippen LogP contribution is -2.34. The fraction of sp³-hybridized carbons (Fsp3) is 0.429. The first-order chi connectivity index (χ1) is 14.0. The fourth-order valence-corrected chi connectivity index (χ4v) is 4.89. The van der Waals surface area contributed by atoms with Crippen LogP contribution in [0.5, 0.6) is 5.75 Å². The van der Waals surface area contributed by atoms with E-state index in [9.17, 15) is 4.79 Å². The Labute approximate surface area is 181 Å². The summed E-state index contributed by atoms with van der Waals surface area (Å²) in [6.45, 7) is 4.34. The van der Waals surface area contributed by atoms with E-state index in [0.717, 1.165) is 31.1 Å². The van der Waals surface area contributed by atoms with Crippen molar-refractivity contribution in [3.63, 3.8) is 0 Å². The first kappa shape index (κ1) is 20.6. The Hall–Kier alpha value is -2.71. The summed E-state index contributed by atoms with van der Waals surface area (Å²) >= 11 is 0. The van der Waals surface area contributed by atoms with Gasteiger partial charge in [-0.05, 0) is 43.7 Å². The van der Waals surface area contributed by atoms with Crippen molar-refractivity contribution in [2.24, 2.45) is 11.8 Å². The highest BCUT2D eigenvalue weighted by atomic mass is 35.5. The van der Waals surface area contributed by atoms with E-state index < -0.39 is 0 Å². The van der Waals surface area contributed by atoms with Crippen LogP contribution in [0.4, 0.5) is 0 Å². The lowest BCUT2D eigenvalue weighted by Gasteiger charge is -2.26. The summed E-state index contributed by atoms with van der Waals surface area (Å²) in [6.07, 6.45) is 1.82. The maximum atomic E-state index is 13.2. The average Bonchev–Trinajstić information content (AvgIpc) is 3.39.